The summed E-state index contributed by atoms with van der Waals surface area (Å²) in [7, 11) is 1.39. The van der Waals surface area contributed by atoms with Gasteiger partial charge in [0.15, 0.2) is 0 Å². The van der Waals surface area contributed by atoms with E-state index >= 15 is 0 Å². The molecule has 1 N–H and O–H groups in total. The van der Waals surface area contributed by atoms with Crippen molar-refractivity contribution in [2.24, 2.45) is 0 Å². The molecule has 24 heavy (non-hydrogen) atoms. The number of hydrogen-bond donors (Lipinski definition) is 1. The topological polar surface area (TPSA) is 47.6 Å². The fraction of sp³-hybridized carbons (Fsp3) is 0.350. The molecule has 2 aromatic rings. The molecule has 3 rings (SSSR count). The Morgan fingerprint density at radius 1 is 1.12 bits per heavy atom. The second-order valence-electron chi connectivity index (χ2n) is 6.05. The van der Waals surface area contributed by atoms with Gasteiger partial charge >= 0.3 is 5.97 Å². The zero-order valence-electron chi connectivity index (χ0n) is 14.0. The lowest BCUT2D eigenvalue weighted by Gasteiger charge is -2.24. The smallest absolute Gasteiger partial charge is 0.341 e. The van der Waals surface area contributed by atoms with E-state index in [0.717, 1.165) is 31.5 Å². The van der Waals surface area contributed by atoms with E-state index in [9.17, 15) is 4.79 Å². The van der Waals surface area contributed by atoms with E-state index in [0.29, 0.717) is 23.8 Å². The van der Waals surface area contributed by atoms with Crippen LogP contribution in [0.15, 0.2) is 48.5 Å². The average molecular weight is 325 g/mol. The average Bonchev–Trinajstić information content (AvgIpc) is 2.67. The van der Waals surface area contributed by atoms with E-state index in [4.69, 9.17) is 9.47 Å². The molecule has 0 atom stereocenters. The van der Waals surface area contributed by atoms with Crippen molar-refractivity contribution in [3.05, 3.63) is 65.2 Å². The Kier molecular flexibility index (Phi) is 5.49. The molecule has 0 spiro atoms. The SMILES string of the molecule is COC(=O)c1ccc(C2CCNCC2)cc1OCc1ccccc1. The van der Waals surface area contributed by atoms with Gasteiger partial charge < -0.3 is 14.8 Å². The van der Waals surface area contributed by atoms with E-state index in [1.54, 1.807) is 0 Å². The zero-order chi connectivity index (χ0) is 16.8. The first-order valence-corrected chi connectivity index (χ1v) is 8.37. The van der Waals surface area contributed by atoms with Crippen LogP contribution in [0.2, 0.25) is 0 Å². The maximum atomic E-state index is 12.0. The molecule has 1 fully saturated rings. The van der Waals surface area contributed by atoms with Gasteiger partial charge in [-0.2, -0.15) is 0 Å². The van der Waals surface area contributed by atoms with Gasteiger partial charge in [0.25, 0.3) is 0 Å². The molecule has 1 aliphatic rings. The lowest BCUT2D eigenvalue weighted by atomic mass is 9.89. The normalized spacial score (nSPS) is 15.0. The van der Waals surface area contributed by atoms with Crippen LogP contribution < -0.4 is 10.1 Å². The van der Waals surface area contributed by atoms with Crippen LogP contribution in [0.3, 0.4) is 0 Å². The predicted molar refractivity (Wildman–Crippen MR) is 93.4 cm³/mol. The molecule has 4 heteroatoms. The van der Waals surface area contributed by atoms with Crippen molar-refractivity contribution in [3.8, 4) is 5.75 Å². The largest absolute Gasteiger partial charge is 0.488 e. The van der Waals surface area contributed by atoms with Crippen LogP contribution in [-0.2, 0) is 11.3 Å². The van der Waals surface area contributed by atoms with Crippen molar-refractivity contribution in [1.29, 1.82) is 0 Å². The summed E-state index contributed by atoms with van der Waals surface area (Å²) in [6, 6.07) is 15.8. The van der Waals surface area contributed by atoms with Gasteiger partial charge in [0.2, 0.25) is 0 Å². The molecule has 1 heterocycles. The van der Waals surface area contributed by atoms with Gasteiger partial charge in [-0.3, -0.25) is 0 Å². The van der Waals surface area contributed by atoms with Crippen LogP contribution in [0.1, 0.15) is 40.2 Å². The summed E-state index contributed by atoms with van der Waals surface area (Å²) in [6.07, 6.45) is 2.21. The molecular weight excluding hydrogens is 302 g/mol. The van der Waals surface area contributed by atoms with Gasteiger partial charge in [-0.25, -0.2) is 4.79 Å². The van der Waals surface area contributed by atoms with Crippen LogP contribution in [-0.4, -0.2) is 26.2 Å². The minimum Gasteiger partial charge on any atom is -0.488 e. The molecule has 0 aromatic heterocycles. The summed E-state index contributed by atoms with van der Waals surface area (Å²) >= 11 is 0. The Labute approximate surface area is 142 Å². The number of methoxy groups -OCH3 is 1. The monoisotopic (exact) mass is 325 g/mol. The fourth-order valence-corrected chi connectivity index (χ4v) is 3.08. The third kappa shape index (κ3) is 3.95. The van der Waals surface area contributed by atoms with Crippen LogP contribution in [0.5, 0.6) is 5.75 Å². The Morgan fingerprint density at radius 2 is 1.88 bits per heavy atom. The number of ether oxygens (including phenoxy) is 2. The summed E-state index contributed by atoms with van der Waals surface area (Å²) in [5, 5.41) is 3.38. The molecule has 126 valence electrons. The molecule has 0 saturated carbocycles. The fourth-order valence-electron chi connectivity index (χ4n) is 3.08. The van der Waals surface area contributed by atoms with Crippen molar-refractivity contribution in [2.45, 2.75) is 25.4 Å². The quantitative estimate of drug-likeness (QED) is 0.855. The van der Waals surface area contributed by atoms with E-state index in [2.05, 4.69) is 5.32 Å². The van der Waals surface area contributed by atoms with Crippen LogP contribution in [0, 0.1) is 0 Å². The number of carbonyl (C=O) groups is 1. The lowest BCUT2D eigenvalue weighted by Crippen LogP contribution is -2.26. The summed E-state index contributed by atoms with van der Waals surface area (Å²) in [4.78, 5) is 12.0. The predicted octanol–water partition coefficient (Wildman–Crippen LogP) is 3.52. The number of hydrogen-bond acceptors (Lipinski definition) is 4. The second kappa shape index (κ2) is 7.97. The van der Waals surface area contributed by atoms with Gasteiger partial charge in [-0.1, -0.05) is 36.4 Å². The Hall–Kier alpha value is -2.33. The van der Waals surface area contributed by atoms with Gasteiger partial charge in [-0.05, 0) is 55.1 Å². The Balaban J connectivity index is 1.83. The number of benzene rings is 2. The zero-order valence-corrected chi connectivity index (χ0v) is 14.0. The Morgan fingerprint density at radius 3 is 2.58 bits per heavy atom. The van der Waals surface area contributed by atoms with Gasteiger partial charge in [0, 0.05) is 0 Å². The van der Waals surface area contributed by atoms with Crippen LogP contribution in [0.25, 0.3) is 0 Å². The Bertz CT molecular complexity index is 679. The van der Waals surface area contributed by atoms with Crippen LogP contribution >= 0.6 is 0 Å². The highest BCUT2D eigenvalue weighted by atomic mass is 16.5. The first kappa shape index (κ1) is 16.5. The van der Waals surface area contributed by atoms with Crippen molar-refractivity contribution >= 4 is 5.97 Å². The van der Waals surface area contributed by atoms with Gasteiger partial charge in [0.1, 0.15) is 17.9 Å². The molecule has 4 nitrogen and oxygen atoms in total. The molecule has 2 aromatic carbocycles. The number of piperidine rings is 1. The van der Waals surface area contributed by atoms with E-state index in [-0.39, 0.29) is 5.97 Å². The summed E-state index contributed by atoms with van der Waals surface area (Å²) in [5.41, 5.74) is 2.78. The van der Waals surface area contributed by atoms with Gasteiger partial charge in [0.05, 0.1) is 7.11 Å². The summed E-state index contributed by atoms with van der Waals surface area (Å²) in [5.74, 6) is 0.744. The molecule has 1 saturated heterocycles. The molecule has 0 radical (unpaired) electrons. The first-order valence-electron chi connectivity index (χ1n) is 8.37. The van der Waals surface area contributed by atoms with Crippen molar-refractivity contribution < 1.29 is 14.3 Å². The minimum absolute atomic E-state index is 0.366. The van der Waals surface area contributed by atoms with Crippen molar-refractivity contribution in [3.63, 3.8) is 0 Å². The molecule has 0 amide bonds. The van der Waals surface area contributed by atoms with E-state index in [1.807, 2.05) is 48.5 Å². The highest BCUT2D eigenvalue weighted by Gasteiger charge is 2.19. The van der Waals surface area contributed by atoms with Crippen molar-refractivity contribution in [1.82, 2.24) is 5.32 Å². The minimum atomic E-state index is -0.366. The van der Waals surface area contributed by atoms with E-state index < -0.39 is 0 Å². The number of nitrogens with one attached hydrogen (secondary N) is 1. The van der Waals surface area contributed by atoms with E-state index in [1.165, 1.54) is 12.7 Å². The summed E-state index contributed by atoms with van der Waals surface area (Å²) < 4.78 is 10.8. The third-order valence-corrected chi connectivity index (χ3v) is 4.46. The molecular formula is C20H23NO3. The maximum absolute atomic E-state index is 12.0. The van der Waals surface area contributed by atoms with Gasteiger partial charge in [-0.15, -0.1) is 0 Å². The number of rotatable bonds is 5. The third-order valence-electron chi connectivity index (χ3n) is 4.46. The summed E-state index contributed by atoms with van der Waals surface area (Å²) in [6.45, 7) is 2.49. The molecule has 0 bridgehead atoms. The first-order chi connectivity index (χ1) is 11.8. The lowest BCUT2D eigenvalue weighted by molar-refractivity contribution is 0.0595. The second-order valence-corrected chi connectivity index (χ2v) is 6.05. The van der Waals surface area contributed by atoms with Crippen molar-refractivity contribution in [2.75, 3.05) is 20.2 Å². The highest BCUT2D eigenvalue weighted by molar-refractivity contribution is 5.92. The number of carbonyl (C=O) groups excluding carboxylic acids is 1. The molecule has 0 unspecified atom stereocenters. The molecule has 0 aliphatic carbocycles. The van der Waals surface area contributed by atoms with Crippen LogP contribution in [0.4, 0.5) is 0 Å². The standard InChI is InChI=1S/C20H23NO3/c1-23-20(22)18-8-7-17(16-9-11-21-12-10-16)13-19(18)24-14-15-5-3-2-4-6-15/h2-8,13,16,21H,9-12,14H2,1H3. The highest BCUT2D eigenvalue weighted by Crippen LogP contribution is 2.31. The number of esters is 1. The maximum Gasteiger partial charge on any atom is 0.341 e. The molecule has 1 aliphatic heterocycles.